The zero-order valence-corrected chi connectivity index (χ0v) is 12.5. The van der Waals surface area contributed by atoms with Crippen molar-refractivity contribution in [1.29, 1.82) is 0 Å². The number of rotatable bonds is 6. The first-order chi connectivity index (χ1) is 9.70. The first-order valence-corrected chi connectivity index (χ1v) is 7.46. The second-order valence-electron chi connectivity index (χ2n) is 5.57. The third kappa shape index (κ3) is 4.41. The third-order valence-electron chi connectivity index (χ3n) is 3.80. The molecule has 2 saturated heterocycles. The van der Waals surface area contributed by atoms with E-state index in [2.05, 4.69) is 10.2 Å². The molecule has 20 heavy (non-hydrogen) atoms. The molecule has 2 rings (SSSR count). The monoisotopic (exact) mass is 286 g/mol. The lowest BCUT2D eigenvalue weighted by molar-refractivity contribution is -0.132. The van der Waals surface area contributed by atoms with Crippen molar-refractivity contribution in [1.82, 2.24) is 10.2 Å². The van der Waals surface area contributed by atoms with Gasteiger partial charge in [-0.2, -0.15) is 0 Å². The SMILES string of the molecule is COCC(C)NC(=O)CN1CCCCC1C1OCCO1. The minimum Gasteiger partial charge on any atom is -0.383 e. The Hall–Kier alpha value is -0.690. The van der Waals surface area contributed by atoms with Gasteiger partial charge >= 0.3 is 0 Å². The van der Waals surface area contributed by atoms with Gasteiger partial charge in [-0.25, -0.2) is 0 Å². The van der Waals surface area contributed by atoms with Crippen LogP contribution in [0.4, 0.5) is 0 Å². The summed E-state index contributed by atoms with van der Waals surface area (Å²) in [5.74, 6) is 0.0412. The Kier molecular flexibility index (Phi) is 6.22. The van der Waals surface area contributed by atoms with Crippen molar-refractivity contribution < 1.29 is 19.0 Å². The minimum absolute atomic E-state index is 0.0368. The number of ether oxygens (including phenoxy) is 3. The molecule has 0 aromatic rings. The van der Waals surface area contributed by atoms with E-state index < -0.39 is 0 Å². The molecule has 0 radical (unpaired) electrons. The van der Waals surface area contributed by atoms with Gasteiger partial charge in [0.15, 0.2) is 6.29 Å². The number of nitrogens with zero attached hydrogens (tertiary/aromatic N) is 1. The van der Waals surface area contributed by atoms with Crippen LogP contribution < -0.4 is 5.32 Å². The van der Waals surface area contributed by atoms with Gasteiger partial charge in [0.1, 0.15) is 0 Å². The van der Waals surface area contributed by atoms with Crippen molar-refractivity contribution in [2.24, 2.45) is 0 Å². The molecule has 0 spiro atoms. The van der Waals surface area contributed by atoms with E-state index in [4.69, 9.17) is 14.2 Å². The van der Waals surface area contributed by atoms with E-state index in [9.17, 15) is 4.79 Å². The van der Waals surface area contributed by atoms with Crippen molar-refractivity contribution in [3.63, 3.8) is 0 Å². The van der Waals surface area contributed by atoms with Crippen LogP contribution in [0, 0.1) is 0 Å². The van der Waals surface area contributed by atoms with Gasteiger partial charge in [-0.3, -0.25) is 9.69 Å². The topological polar surface area (TPSA) is 60.0 Å². The maximum absolute atomic E-state index is 12.1. The summed E-state index contributed by atoms with van der Waals surface area (Å²) in [6, 6.07) is 0.240. The minimum atomic E-state index is -0.167. The number of carbonyl (C=O) groups excluding carboxylic acids is 1. The molecule has 2 aliphatic rings. The molecule has 0 saturated carbocycles. The van der Waals surface area contributed by atoms with Crippen molar-refractivity contribution in [3.05, 3.63) is 0 Å². The van der Waals surface area contributed by atoms with E-state index in [0.29, 0.717) is 26.4 Å². The molecule has 0 aliphatic carbocycles. The number of hydrogen-bond donors (Lipinski definition) is 1. The fourth-order valence-corrected chi connectivity index (χ4v) is 2.92. The highest BCUT2D eigenvalue weighted by molar-refractivity contribution is 5.78. The highest BCUT2D eigenvalue weighted by Gasteiger charge is 2.34. The smallest absolute Gasteiger partial charge is 0.234 e. The van der Waals surface area contributed by atoms with Gasteiger partial charge in [-0.15, -0.1) is 0 Å². The highest BCUT2D eigenvalue weighted by atomic mass is 16.7. The maximum atomic E-state index is 12.1. The van der Waals surface area contributed by atoms with Crippen molar-refractivity contribution in [2.45, 2.75) is 44.6 Å². The summed E-state index contributed by atoms with van der Waals surface area (Å²) in [6.45, 7) is 5.13. The van der Waals surface area contributed by atoms with Crippen molar-refractivity contribution >= 4 is 5.91 Å². The molecular formula is C14H26N2O4. The molecule has 1 N–H and O–H groups in total. The van der Waals surface area contributed by atoms with Crippen LogP contribution >= 0.6 is 0 Å². The molecule has 2 aliphatic heterocycles. The van der Waals surface area contributed by atoms with E-state index in [-0.39, 0.29) is 24.3 Å². The fraction of sp³-hybridized carbons (Fsp3) is 0.929. The largest absolute Gasteiger partial charge is 0.383 e. The Morgan fingerprint density at radius 3 is 2.85 bits per heavy atom. The molecular weight excluding hydrogens is 260 g/mol. The second-order valence-corrected chi connectivity index (χ2v) is 5.57. The summed E-state index contributed by atoms with van der Waals surface area (Å²) in [6.07, 6.45) is 3.17. The summed E-state index contributed by atoms with van der Waals surface area (Å²) in [7, 11) is 1.64. The highest BCUT2D eigenvalue weighted by Crippen LogP contribution is 2.23. The van der Waals surface area contributed by atoms with Gasteiger partial charge in [0.2, 0.25) is 5.91 Å². The van der Waals surface area contributed by atoms with Gasteiger partial charge in [0.05, 0.1) is 32.4 Å². The number of likely N-dealkylation sites (tertiary alicyclic amines) is 1. The van der Waals surface area contributed by atoms with Gasteiger partial charge in [0, 0.05) is 13.2 Å². The third-order valence-corrected chi connectivity index (χ3v) is 3.80. The quantitative estimate of drug-likeness (QED) is 0.764. The van der Waals surface area contributed by atoms with Crippen LogP contribution in [0.1, 0.15) is 26.2 Å². The number of hydrogen-bond acceptors (Lipinski definition) is 5. The molecule has 6 nitrogen and oxygen atoms in total. The van der Waals surface area contributed by atoms with Gasteiger partial charge in [-0.05, 0) is 26.3 Å². The van der Waals surface area contributed by atoms with Crippen LogP contribution in [-0.2, 0) is 19.0 Å². The lowest BCUT2D eigenvalue weighted by Crippen LogP contribution is -2.52. The summed E-state index contributed by atoms with van der Waals surface area (Å²) in [5.41, 5.74) is 0. The molecule has 2 unspecified atom stereocenters. The van der Waals surface area contributed by atoms with Crippen LogP contribution in [0.3, 0.4) is 0 Å². The zero-order valence-electron chi connectivity index (χ0n) is 12.5. The molecule has 2 fully saturated rings. The summed E-state index contributed by atoms with van der Waals surface area (Å²) >= 11 is 0. The summed E-state index contributed by atoms with van der Waals surface area (Å²) in [4.78, 5) is 14.3. The van der Waals surface area contributed by atoms with E-state index >= 15 is 0 Å². The molecule has 0 bridgehead atoms. The van der Waals surface area contributed by atoms with Crippen molar-refractivity contribution in [2.75, 3.05) is 40.0 Å². The number of methoxy groups -OCH3 is 1. The Balaban J connectivity index is 1.83. The van der Waals surface area contributed by atoms with E-state index in [1.54, 1.807) is 7.11 Å². The van der Waals surface area contributed by atoms with Gasteiger partial charge in [0.25, 0.3) is 0 Å². The Labute approximate surface area is 120 Å². The number of piperidine rings is 1. The Morgan fingerprint density at radius 2 is 2.15 bits per heavy atom. The van der Waals surface area contributed by atoms with E-state index in [1.165, 1.54) is 6.42 Å². The van der Waals surface area contributed by atoms with Crippen LogP contribution in [0.25, 0.3) is 0 Å². The molecule has 2 atom stereocenters. The molecule has 116 valence electrons. The predicted molar refractivity (Wildman–Crippen MR) is 74.4 cm³/mol. The van der Waals surface area contributed by atoms with Crippen LogP contribution in [0.5, 0.6) is 0 Å². The number of nitrogens with one attached hydrogen (secondary N) is 1. The first-order valence-electron chi connectivity index (χ1n) is 7.46. The molecule has 6 heteroatoms. The lowest BCUT2D eigenvalue weighted by Gasteiger charge is -2.37. The van der Waals surface area contributed by atoms with Crippen molar-refractivity contribution in [3.8, 4) is 0 Å². The first kappa shape index (κ1) is 15.7. The van der Waals surface area contributed by atoms with Crippen LogP contribution in [0.2, 0.25) is 0 Å². The second kappa shape index (κ2) is 7.93. The summed E-state index contributed by atoms with van der Waals surface area (Å²) in [5, 5.41) is 2.95. The average molecular weight is 286 g/mol. The van der Waals surface area contributed by atoms with Gasteiger partial charge in [-0.1, -0.05) is 6.42 Å². The molecule has 0 aromatic carbocycles. The van der Waals surface area contributed by atoms with Crippen LogP contribution in [-0.4, -0.2) is 69.2 Å². The van der Waals surface area contributed by atoms with E-state index in [0.717, 1.165) is 19.4 Å². The van der Waals surface area contributed by atoms with E-state index in [1.807, 2.05) is 6.92 Å². The molecule has 1 amide bonds. The standard InChI is InChI=1S/C14H26N2O4/c1-11(10-18-2)15-13(17)9-16-6-4-3-5-12(16)14-19-7-8-20-14/h11-12,14H,3-10H2,1-2H3,(H,15,17). The van der Waals surface area contributed by atoms with Gasteiger partial charge < -0.3 is 19.5 Å². The Bertz CT molecular complexity index is 308. The van der Waals surface area contributed by atoms with Crippen LogP contribution in [0.15, 0.2) is 0 Å². The summed E-state index contributed by atoms with van der Waals surface area (Å²) < 4.78 is 16.2. The zero-order chi connectivity index (χ0) is 14.4. The Morgan fingerprint density at radius 1 is 1.40 bits per heavy atom. The number of amides is 1. The molecule has 0 aromatic heterocycles. The predicted octanol–water partition coefficient (Wildman–Crippen LogP) is 0.365. The maximum Gasteiger partial charge on any atom is 0.234 e. The number of carbonyl (C=O) groups is 1. The normalized spacial score (nSPS) is 26.6. The average Bonchev–Trinajstić information content (AvgIpc) is 2.93. The molecule has 2 heterocycles. The lowest BCUT2D eigenvalue weighted by atomic mass is 10.0. The fourth-order valence-electron chi connectivity index (χ4n) is 2.92.